The van der Waals surface area contributed by atoms with Gasteiger partial charge in [-0.3, -0.25) is 4.31 Å². The number of rotatable bonds is 4. The largest absolute Gasteiger partial charge is 0.389 e. The van der Waals surface area contributed by atoms with Crippen LogP contribution < -0.4 is 10.0 Å². The third-order valence-corrected chi connectivity index (χ3v) is 6.36. The van der Waals surface area contributed by atoms with Gasteiger partial charge in [0, 0.05) is 12.6 Å². The van der Waals surface area contributed by atoms with Gasteiger partial charge in [-0.1, -0.05) is 43.6 Å². The van der Waals surface area contributed by atoms with Gasteiger partial charge in [0.1, 0.15) is 4.99 Å². The van der Waals surface area contributed by atoms with E-state index in [-0.39, 0.29) is 10.2 Å². The molecule has 1 aliphatic rings. The Balaban J connectivity index is 2.35. The molecule has 0 amide bonds. The molecule has 0 radical (unpaired) electrons. The Morgan fingerprint density at radius 3 is 2.45 bits per heavy atom. The third kappa shape index (κ3) is 2.96. The number of hydrogen-bond acceptors (Lipinski definition) is 3. The van der Waals surface area contributed by atoms with Gasteiger partial charge in [-0.25, -0.2) is 8.42 Å². The van der Waals surface area contributed by atoms with E-state index >= 15 is 0 Å². The van der Waals surface area contributed by atoms with Crippen LogP contribution in [0.1, 0.15) is 37.7 Å². The van der Waals surface area contributed by atoms with Gasteiger partial charge in [0.05, 0.1) is 10.9 Å². The molecule has 0 spiro atoms. The number of nitrogens with zero attached hydrogens (tertiary/aromatic N) is 1. The molecule has 1 aromatic carbocycles. The van der Waals surface area contributed by atoms with E-state index in [2.05, 4.69) is 0 Å². The highest BCUT2D eigenvalue weighted by molar-refractivity contribution is 7.93. The second-order valence-electron chi connectivity index (χ2n) is 5.15. The van der Waals surface area contributed by atoms with E-state index in [1.165, 1.54) is 4.31 Å². The number of nitrogens with two attached hydrogens (primary N) is 1. The third-order valence-electron chi connectivity index (χ3n) is 3.86. The first-order valence-corrected chi connectivity index (χ1v) is 8.72. The predicted octanol–water partition coefficient (Wildman–Crippen LogP) is 2.42. The van der Waals surface area contributed by atoms with Gasteiger partial charge in [0.2, 0.25) is 10.0 Å². The van der Waals surface area contributed by atoms with E-state index < -0.39 is 10.0 Å². The van der Waals surface area contributed by atoms with Crippen LogP contribution in [0.15, 0.2) is 24.3 Å². The Morgan fingerprint density at radius 2 is 1.85 bits per heavy atom. The maximum atomic E-state index is 12.7. The molecule has 20 heavy (non-hydrogen) atoms. The standard InChI is InChI=1S/C14H20N2O2S2/c1-16(13-10-6-5-9-12(13)14(15)19)20(17,18)11-7-3-2-4-8-11/h5-6,9-11H,2-4,7-8H2,1H3,(H2,15,19). The lowest BCUT2D eigenvalue weighted by Gasteiger charge is -2.29. The van der Waals surface area contributed by atoms with Crippen LogP contribution in [-0.2, 0) is 10.0 Å². The summed E-state index contributed by atoms with van der Waals surface area (Å²) < 4.78 is 26.8. The van der Waals surface area contributed by atoms with Gasteiger partial charge in [-0.15, -0.1) is 0 Å². The van der Waals surface area contributed by atoms with Crippen molar-refractivity contribution in [2.75, 3.05) is 11.4 Å². The van der Waals surface area contributed by atoms with Crippen molar-refractivity contribution in [1.82, 2.24) is 0 Å². The molecule has 0 saturated heterocycles. The van der Waals surface area contributed by atoms with Crippen LogP contribution in [0.2, 0.25) is 0 Å². The summed E-state index contributed by atoms with van der Waals surface area (Å²) >= 11 is 5.00. The second kappa shape index (κ2) is 6.10. The Labute approximate surface area is 126 Å². The fraction of sp³-hybridized carbons (Fsp3) is 0.500. The minimum absolute atomic E-state index is 0.214. The summed E-state index contributed by atoms with van der Waals surface area (Å²) in [6, 6.07) is 7.10. The molecular formula is C14H20N2O2S2. The van der Waals surface area contributed by atoms with E-state index in [0.29, 0.717) is 11.3 Å². The maximum Gasteiger partial charge on any atom is 0.237 e. The lowest BCUT2D eigenvalue weighted by Crippen LogP contribution is -2.38. The lowest BCUT2D eigenvalue weighted by atomic mass is 10.0. The van der Waals surface area contributed by atoms with Crippen molar-refractivity contribution in [2.45, 2.75) is 37.4 Å². The molecule has 0 heterocycles. The van der Waals surface area contributed by atoms with Gasteiger partial charge in [-0.05, 0) is 25.0 Å². The van der Waals surface area contributed by atoms with Crippen LogP contribution in [0, 0.1) is 0 Å². The van der Waals surface area contributed by atoms with Crippen molar-refractivity contribution in [3.8, 4) is 0 Å². The molecule has 1 fully saturated rings. The van der Waals surface area contributed by atoms with Crippen LogP contribution in [0.25, 0.3) is 0 Å². The summed E-state index contributed by atoms with van der Waals surface area (Å²) in [4.78, 5) is 0.214. The number of benzene rings is 1. The molecule has 2 N–H and O–H groups in total. The minimum atomic E-state index is -3.35. The maximum absolute atomic E-state index is 12.7. The van der Waals surface area contributed by atoms with Crippen LogP contribution in [0.5, 0.6) is 0 Å². The zero-order valence-electron chi connectivity index (χ0n) is 11.6. The van der Waals surface area contributed by atoms with Crippen molar-refractivity contribution in [2.24, 2.45) is 5.73 Å². The summed E-state index contributed by atoms with van der Waals surface area (Å²) in [6.45, 7) is 0. The fourth-order valence-electron chi connectivity index (χ4n) is 2.68. The van der Waals surface area contributed by atoms with Crippen LogP contribution in [-0.4, -0.2) is 25.7 Å². The fourth-order valence-corrected chi connectivity index (χ4v) is 4.66. The van der Waals surface area contributed by atoms with E-state index in [9.17, 15) is 8.42 Å². The van der Waals surface area contributed by atoms with E-state index in [4.69, 9.17) is 18.0 Å². The average molecular weight is 312 g/mol. The lowest BCUT2D eigenvalue weighted by molar-refractivity contribution is 0.483. The molecule has 0 unspecified atom stereocenters. The Hall–Kier alpha value is -1.14. The van der Waals surface area contributed by atoms with E-state index in [0.717, 1.165) is 32.1 Å². The second-order valence-corrected chi connectivity index (χ2v) is 7.84. The highest BCUT2D eigenvalue weighted by atomic mass is 32.2. The highest BCUT2D eigenvalue weighted by Gasteiger charge is 2.32. The molecule has 1 aromatic rings. The number of thiocarbonyl (C=S) groups is 1. The first kappa shape index (κ1) is 15.3. The zero-order valence-corrected chi connectivity index (χ0v) is 13.2. The SMILES string of the molecule is CN(c1ccccc1C(N)=S)S(=O)(=O)C1CCCCC1. The quantitative estimate of drug-likeness (QED) is 0.867. The van der Waals surface area contributed by atoms with Gasteiger partial charge in [0.25, 0.3) is 0 Å². The summed E-state index contributed by atoms with van der Waals surface area (Å²) in [5.41, 5.74) is 6.85. The Morgan fingerprint density at radius 1 is 1.25 bits per heavy atom. The minimum Gasteiger partial charge on any atom is -0.389 e. The monoisotopic (exact) mass is 312 g/mol. The molecule has 2 rings (SSSR count). The molecule has 1 aliphatic carbocycles. The summed E-state index contributed by atoms with van der Waals surface area (Å²) in [5.74, 6) is 0. The highest BCUT2D eigenvalue weighted by Crippen LogP contribution is 2.29. The molecule has 110 valence electrons. The molecule has 4 nitrogen and oxygen atoms in total. The summed E-state index contributed by atoms with van der Waals surface area (Å²) in [6.07, 6.45) is 4.56. The molecule has 0 aliphatic heterocycles. The van der Waals surface area contributed by atoms with Crippen molar-refractivity contribution in [3.63, 3.8) is 0 Å². The molecule has 0 atom stereocenters. The van der Waals surface area contributed by atoms with Gasteiger partial charge in [-0.2, -0.15) is 0 Å². The Kier molecular flexibility index (Phi) is 4.65. The number of anilines is 1. The summed E-state index contributed by atoms with van der Waals surface area (Å²) in [7, 11) is -1.77. The van der Waals surface area contributed by atoms with Crippen LogP contribution in [0.4, 0.5) is 5.69 Å². The topological polar surface area (TPSA) is 63.4 Å². The van der Waals surface area contributed by atoms with Crippen LogP contribution in [0.3, 0.4) is 0 Å². The molecule has 0 aromatic heterocycles. The van der Waals surface area contributed by atoms with Crippen molar-refractivity contribution < 1.29 is 8.42 Å². The normalized spacial score (nSPS) is 16.9. The Bertz CT molecular complexity index is 593. The molecular weight excluding hydrogens is 292 g/mol. The van der Waals surface area contributed by atoms with Crippen molar-refractivity contribution in [1.29, 1.82) is 0 Å². The van der Waals surface area contributed by atoms with Gasteiger partial charge in [0.15, 0.2) is 0 Å². The predicted molar refractivity (Wildman–Crippen MR) is 86.5 cm³/mol. The smallest absolute Gasteiger partial charge is 0.237 e. The van der Waals surface area contributed by atoms with Crippen LogP contribution >= 0.6 is 12.2 Å². The van der Waals surface area contributed by atoms with Crippen molar-refractivity contribution in [3.05, 3.63) is 29.8 Å². The first-order valence-electron chi connectivity index (χ1n) is 6.81. The van der Waals surface area contributed by atoms with E-state index in [1.54, 1.807) is 31.3 Å². The number of para-hydroxylation sites is 1. The molecule has 6 heteroatoms. The first-order chi connectivity index (χ1) is 9.44. The zero-order chi connectivity index (χ0) is 14.8. The van der Waals surface area contributed by atoms with Gasteiger partial charge >= 0.3 is 0 Å². The number of sulfonamides is 1. The van der Waals surface area contributed by atoms with Crippen molar-refractivity contribution >= 4 is 32.9 Å². The summed E-state index contributed by atoms with van der Waals surface area (Å²) in [5, 5.41) is -0.291. The van der Waals surface area contributed by atoms with Gasteiger partial charge < -0.3 is 5.73 Å². The van der Waals surface area contributed by atoms with E-state index in [1.807, 2.05) is 0 Å². The molecule has 0 bridgehead atoms. The number of hydrogen-bond donors (Lipinski definition) is 1. The molecule has 1 saturated carbocycles. The average Bonchev–Trinajstić information content (AvgIpc) is 2.47.